The zero-order valence-corrected chi connectivity index (χ0v) is 17.3. The summed E-state index contributed by atoms with van der Waals surface area (Å²) in [5.41, 5.74) is 0.518. The minimum absolute atomic E-state index is 0. The van der Waals surface area contributed by atoms with Crippen LogP contribution in [0.2, 0.25) is 0 Å². The van der Waals surface area contributed by atoms with Gasteiger partial charge in [0.2, 0.25) is 0 Å². The third kappa shape index (κ3) is 5.30. The molecular weight excluding hydrogens is 407 g/mol. The van der Waals surface area contributed by atoms with Gasteiger partial charge in [0, 0.05) is 56.9 Å². The summed E-state index contributed by atoms with van der Waals surface area (Å²) in [6.07, 6.45) is 2.78. The van der Waals surface area contributed by atoms with Crippen molar-refractivity contribution in [3.63, 3.8) is 0 Å². The van der Waals surface area contributed by atoms with Crippen LogP contribution in [0.5, 0.6) is 0 Å². The monoisotopic (exact) mass is 430 g/mol. The molecule has 2 aliphatic rings. The quantitative estimate of drug-likeness (QED) is 0.774. The Morgan fingerprint density at radius 3 is 2.78 bits per heavy atom. The van der Waals surface area contributed by atoms with Crippen molar-refractivity contribution in [1.82, 2.24) is 25.1 Å². The fourth-order valence-corrected chi connectivity index (χ4v) is 4.10. The largest absolute Gasteiger partial charge is 0.336 e. The molecule has 4 heterocycles. The van der Waals surface area contributed by atoms with Crippen molar-refractivity contribution >= 4 is 53.0 Å². The molecule has 0 bridgehead atoms. The van der Waals surface area contributed by atoms with Crippen LogP contribution in [0.1, 0.15) is 16.9 Å². The van der Waals surface area contributed by atoms with Crippen molar-refractivity contribution in [3.8, 4) is 0 Å². The van der Waals surface area contributed by atoms with Crippen LogP contribution in [-0.2, 0) is 0 Å². The number of pyridine rings is 1. The standard InChI is InChI=1S/C17H22N6OS.2ClH/c24-16(23-8-4-13(11-23)22-9-6-18-7-10-22)14-12-25-17(20-14)21-15-3-1-2-5-19-15;;/h1-3,5,12-13,18H,4,6-11H2,(H,19,20,21);2*1H. The average molecular weight is 431 g/mol. The third-order valence-corrected chi connectivity index (χ3v) is 5.50. The normalized spacial score (nSPS) is 19.9. The van der Waals surface area contributed by atoms with E-state index in [0.29, 0.717) is 16.9 Å². The Balaban J connectivity index is 0.00000131. The molecule has 148 valence electrons. The minimum Gasteiger partial charge on any atom is -0.336 e. The number of amides is 1. The molecule has 10 heteroatoms. The molecule has 0 aromatic carbocycles. The number of halogens is 2. The van der Waals surface area contributed by atoms with Crippen molar-refractivity contribution in [3.05, 3.63) is 35.5 Å². The number of likely N-dealkylation sites (tertiary alicyclic amines) is 1. The zero-order chi connectivity index (χ0) is 17.1. The second-order valence-corrected chi connectivity index (χ2v) is 7.22. The van der Waals surface area contributed by atoms with Crippen molar-refractivity contribution in [2.24, 2.45) is 0 Å². The maximum atomic E-state index is 12.7. The molecule has 2 fully saturated rings. The van der Waals surface area contributed by atoms with Crippen molar-refractivity contribution < 1.29 is 4.79 Å². The lowest BCUT2D eigenvalue weighted by Gasteiger charge is -2.32. The maximum absolute atomic E-state index is 12.7. The van der Waals surface area contributed by atoms with Gasteiger partial charge in [-0.15, -0.1) is 36.2 Å². The van der Waals surface area contributed by atoms with E-state index in [1.54, 1.807) is 6.20 Å². The third-order valence-electron chi connectivity index (χ3n) is 4.74. The van der Waals surface area contributed by atoms with Crippen LogP contribution < -0.4 is 10.6 Å². The summed E-state index contributed by atoms with van der Waals surface area (Å²) >= 11 is 1.43. The first kappa shape index (κ1) is 21.8. The highest BCUT2D eigenvalue weighted by Crippen LogP contribution is 2.23. The van der Waals surface area contributed by atoms with Gasteiger partial charge in [-0.1, -0.05) is 6.07 Å². The van der Waals surface area contributed by atoms with E-state index < -0.39 is 0 Å². The highest BCUT2D eigenvalue weighted by atomic mass is 35.5. The van der Waals surface area contributed by atoms with Gasteiger partial charge in [-0.05, 0) is 18.6 Å². The van der Waals surface area contributed by atoms with Gasteiger partial charge >= 0.3 is 0 Å². The number of hydrogen-bond acceptors (Lipinski definition) is 7. The summed E-state index contributed by atoms with van der Waals surface area (Å²) < 4.78 is 0. The number of thiazole rings is 1. The van der Waals surface area contributed by atoms with E-state index in [1.807, 2.05) is 28.5 Å². The number of aromatic nitrogens is 2. The van der Waals surface area contributed by atoms with Crippen LogP contribution in [-0.4, -0.2) is 71.0 Å². The van der Waals surface area contributed by atoms with E-state index in [9.17, 15) is 4.79 Å². The molecule has 0 aliphatic carbocycles. The van der Waals surface area contributed by atoms with E-state index in [4.69, 9.17) is 0 Å². The van der Waals surface area contributed by atoms with Crippen LogP contribution >= 0.6 is 36.2 Å². The molecule has 27 heavy (non-hydrogen) atoms. The molecule has 7 nitrogen and oxygen atoms in total. The molecular formula is C17H24Cl2N6OS. The van der Waals surface area contributed by atoms with E-state index >= 15 is 0 Å². The molecule has 0 radical (unpaired) electrons. The number of rotatable bonds is 4. The molecule has 0 saturated carbocycles. The second-order valence-electron chi connectivity index (χ2n) is 6.36. The number of nitrogens with one attached hydrogen (secondary N) is 2. The van der Waals surface area contributed by atoms with Crippen molar-refractivity contribution in [2.75, 3.05) is 44.6 Å². The molecule has 1 unspecified atom stereocenters. The molecule has 2 N–H and O–H groups in total. The van der Waals surface area contributed by atoms with E-state index in [-0.39, 0.29) is 30.7 Å². The first-order valence-electron chi connectivity index (χ1n) is 8.67. The van der Waals surface area contributed by atoms with Gasteiger partial charge in [0.1, 0.15) is 11.5 Å². The molecule has 0 spiro atoms. The molecule has 2 aliphatic heterocycles. The van der Waals surface area contributed by atoms with Crippen LogP contribution in [0.3, 0.4) is 0 Å². The number of piperazine rings is 1. The van der Waals surface area contributed by atoms with Gasteiger partial charge in [0.25, 0.3) is 5.91 Å². The lowest BCUT2D eigenvalue weighted by Crippen LogP contribution is -2.49. The summed E-state index contributed by atoms with van der Waals surface area (Å²) in [5.74, 6) is 0.763. The second kappa shape index (κ2) is 10.2. The number of carbonyl (C=O) groups is 1. The number of anilines is 2. The minimum atomic E-state index is 0. The van der Waals surface area contributed by atoms with Gasteiger partial charge in [0.15, 0.2) is 5.13 Å². The highest BCUT2D eigenvalue weighted by molar-refractivity contribution is 7.14. The SMILES string of the molecule is Cl.Cl.O=C(c1csc(Nc2ccccn2)n1)N1CCC(N2CCNCC2)C1. The Labute approximate surface area is 175 Å². The summed E-state index contributed by atoms with van der Waals surface area (Å²) in [6, 6.07) is 6.14. The summed E-state index contributed by atoms with van der Waals surface area (Å²) in [7, 11) is 0. The van der Waals surface area contributed by atoms with Gasteiger partial charge < -0.3 is 15.5 Å². The Hall–Kier alpha value is -1.45. The number of nitrogens with zero attached hydrogens (tertiary/aromatic N) is 4. The molecule has 2 aromatic rings. The lowest BCUT2D eigenvalue weighted by atomic mass is 10.2. The Morgan fingerprint density at radius 1 is 1.22 bits per heavy atom. The summed E-state index contributed by atoms with van der Waals surface area (Å²) in [5, 5.41) is 9.04. The fourth-order valence-electron chi connectivity index (χ4n) is 3.41. The fraction of sp³-hybridized carbons (Fsp3) is 0.471. The highest BCUT2D eigenvalue weighted by Gasteiger charge is 2.32. The van der Waals surface area contributed by atoms with E-state index in [0.717, 1.165) is 51.5 Å². The Morgan fingerprint density at radius 2 is 2.04 bits per heavy atom. The van der Waals surface area contributed by atoms with Crippen molar-refractivity contribution in [2.45, 2.75) is 12.5 Å². The van der Waals surface area contributed by atoms with Crippen LogP contribution in [0.15, 0.2) is 29.8 Å². The molecule has 1 atom stereocenters. The summed E-state index contributed by atoms with van der Waals surface area (Å²) in [6.45, 7) is 5.84. The Kier molecular flexibility index (Phi) is 8.25. The zero-order valence-electron chi connectivity index (χ0n) is 14.8. The van der Waals surface area contributed by atoms with Gasteiger partial charge in [-0.25, -0.2) is 9.97 Å². The predicted molar refractivity (Wildman–Crippen MR) is 113 cm³/mol. The molecule has 4 rings (SSSR count). The average Bonchev–Trinajstić information content (AvgIpc) is 3.33. The van der Waals surface area contributed by atoms with E-state index in [2.05, 4.69) is 25.5 Å². The summed E-state index contributed by atoms with van der Waals surface area (Å²) in [4.78, 5) is 25.8. The van der Waals surface area contributed by atoms with E-state index in [1.165, 1.54) is 11.3 Å². The Bertz CT molecular complexity index is 725. The number of hydrogen-bond donors (Lipinski definition) is 2. The van der Waals surface area contributed by atoms with Crippen LogP contribution in [0, 0.1) is 0 Å². The smallest absolute Gasteiger partial charge is 0.273 e. The number of carbonyl (C=O) groups excluding carboxylic acids is 1. The molecule has 2 saturated heterocycles. The topological polar surface area (TPSA) is 73.4 Å². The first-order chi connectivity index (χ1) is 12.3. The maximum Gasteiger partial charge on any atom is 0.273 e. The first-order valence-corrected chi connectivity index (χ1v) is 9.55. The molecule has 1 amide bonds. The molecule has 2 aromatic heterocycles. The van der Waals surface area contributed by atoms with Gasteiger partial charge in [0.05, 0.1) is 0 Å². The van der Waals surface area contributed by atoms with Crippen LogP contribution in [0.4, 0.5) is 10.9 Å². The van der Waals surface area contributed by atoms with Gasteiger partial charge in [-0.3, -0.25) is 9.69 Å². The van der Waals surface area contributed by atoms with Gasteiger partial charge in [-0.2, -0.15) is 0 Å². The predicted octanol–water partition coefficient (Wildman–Crippen LogP) is 2.25. The lowest BCUT2D eigenvalue weighted by molar-refractivity contribution is 0.0768. The van der Waals surface area contributed by atoms with Crippen LogP contribution in [0.25, 0.3) is 0 Å². The van der Waals surface area contributed by atoms with Crippen molar-refractivity contribution in [1.29, 1.82) is 0 Å².